The molecule has 176 valence electrons. The first-order valence-electron chi connectivity index (χ1n) is 11.0. The number of carboxylic acid groups (broad SMARTS) is 1. The number of fused-ring (bicyclic) bond motifs is 3. The third-order valence-corrected chi connectivity index (χ3v) is 6.58. The molecule has 2 heterocycles. The summed E-state index contributed by atoms with van der Waals surface area (Å²) in [6, 6.07) is 22.9. The average Bonchev–Trinajstić information content (AvgIpc) is 2.86. The van der Waals surface area contributed by atoms with Crippen molar-refractivity contribution in [2.75, 3.05) is 11.9 Å². The van der Waals surface area contributed by atoms with E-state index in [9.17, 15) is 9.59 Å². The van der Waals surface area contributed by atoms with Crippen LogP contribution in [0.1, 0.15) is 22.9 Å². The van der Waals surface area contributed by atoms with Gasteiger partial charge in [-0.15, -0.1) is 0 Å². The molecular formula is C26H23N4O4S+. The van der Waals surface area contributed by atoms with Crippen molar-refractivity contribution in [3.63, 3.8) is 0 Å². The van der Waals surface area contributed by atoms with Crippen LogP contribution in [0.25, 0.3) is 11.3 Å². The fraction of sp³-hybridized carbons (Fsp3) is 0.154. The van der Waals surface area contributed by atoms with Gasteiger partial charge in [-0.2, -0.15) is 0 Å². The number of aromatic amines is 1. The Morgan fingerprint density at radius 2 is 1.83 bits per heavy atom. The summed E-state index contributed by atoms with van der Waals surface area (Å²) in [4.78, 5) is 27.3. The first-order valence-corrected chi connectivity index (χ1v) is 12.0. The van der Waals surface area contributed by atoms with Crippen LogP contribution >= 0.6 is 11.8 Å². The maximum atomic E-state index is 13.3. The minimum Gasteiger partial charge on any atom is -0.481 e. The second-order valence-electron chi connectivity index (χ2n) is 8.14. The van der Waals surface area contributed by atoms with Crippen LogP contribution in [0.4, 0.5) is 5.69 Å². The fourth-order valence-electron chi connectivity index (χ4n) is 3.98. The van der Waals surface area contributed by atoms with E-state index in [0.29, 0.717) is 27.9 Å². The maximum Gasteiger partial charge on any atom is 0.341 e. The molecule has 8 nitrogen and oxygen atoms in total. The molecule has 0 aliphatic carbocycles. The van der Waals surface area contributed by atoms with E-state index in [1.807, 2.05) is 43.3 Å². The van der Waals surface area contributed by atoms with Gasteiger partial charge in [-0.25, -0.2) is 4.79 Å². The second-order valence-corrected chi connectivity index (χ2v) is 9.10. The highest BCUT2D eigenvalue weighted by molar-refractivity contribution is 7.98. The predicted octanol–water partition coefficient (Wildman–Crippen LogP) is 3.76. The van der Waals surface area contributed by atoms with E-state index < -0.39 is 18.7 Å². The van der Waals surface area contributed by atoms with Crippen LogP contribution in [0.5, 0.6) is 5.75 Å². The number of aromatic nitrogens is 3. The Morgan fingerprint density at radius 3 is 2.63 bits per heavy atom. The number of nitrogens with zero attached hydrogens (tertiary/aromatic N) is 2. The standard InChI is InChI=1S/C26H22N4O4S/c1-16-10-12-17(13-11-16)15-35-26-28-25(33)23-18-6-2-4-8-20(18)27-24(30(23)29-26)19-7-3-5-9-21(19)34-14-22(31)32/h2-13,24H,14-15H2,1H3,(H2,28,29,31,32,33)/p+1/t24-/m0/s1. The minimum absolute atomic E-state index is 0.255. The Balaban J connectivity index is 1.57. The highest BCUT2D eigenvalue weighted by atomic mass is 32.2. The van der Waals surface area contributed by atoms with E-state index in [1.165, 1.54) is 17.3 Å². The smallest absolute Gasteiger partial charge is 0.341 e. The molecule has 0 unspecified atom stereocenters. The van der Waals surface area contributed by atoms with Gasteiger partial charge in [0, 0.05) is 10.9 Å². The quantitative estimate of drug-likeness (QED) is 0.269. The molecule has 0 radical (unpaired) electrons. The molecule has 0 spiro atoms. The Labute approximate surface area is 205 Å². The van der Waals surface area contributed by atoms with Crippen molar-refractivity contribution in [3.8, 4) is 17.0 Å². The summed E-state index contributed by atoms with van der Waals surface area (Å²) >= 11 is 1.44. The van der Waals surface area contributed by atoms with Crippen molar-refractivity contribution >= 4 is 23.4 Å². The van der Waals surface area contributed by atoms with Crippen molar-refractivity contribution in [2.45, 2.75) is 24.0 Å². The number of aryl methyl sites for hydroxylation is 1. The van der Waals surface area contributed by atoms with Crippen LogP contribution in [0.3, 0.4) is 0 Å². The third kappa shape index (κ3) is 4.76. The molecule has 0 bridgehead atoms. The van der Waals surface area contributed by atoms with Gasteiger partial charge in [0.25, 0.3) is 6.17 Å². The number of benzene rings is 3. The highest BCUT2D eigenvalue weighted by Gasteiger charge is 2.39. The normalized spacial score (nSPS) is 13.9. The summed E-state index contributed by atoms with van der Waals surface area (Å²) in [5, 5.41) is 17.8. The van der Waals surface area contributed by atoms with E-state index >= 15 is 0 Å². The van der Waals surface area contributed by atoms with Gasteiger partial charge in [-0.05, 0) is 41.4 Å². The molecule has 0 saturated carbocycles. The molecule has 5 rings (SSSR count). The monoisotopic (exact) mass is 487 g/mol. The van der Waals surface area contributed by atoms with Crippen LogP contribution in [-0.2, 0) is 10.5 Å². The summed E-state index contributed by atoms with van der Waals surface area (Å²) in [7, 11) is 0. The number of H-pyrrole nitrogens is 1. The molecule has 4 aromatic rings. The number of thioether (sulfide) groups is 1. The lowest BCUT2D eigenvalue weighted by Gasteiger charge is -2.23. The highest BCUT2D eigenvalue weighted by Crippen LogP contribution is 2.34. The molecule has 9 heteroatoms. The average molecular weight is 488 g/mol. The van der Waals surface area contributed by atoms with Gasteiger partial charge in [0.1, 0.15) is 5.75 Å². The summed E-state index contributed by atoms with van der Waals surface area (Å²) in [5.41, 5.74) is 4.65. The van der Waals surface area contributed by atoms with Gasteiger partial charge in [0.15, 0.2) is 6.61 Å². The van der Waals surface area contributed by atoms with Gasteiger partial charge < -0.3 is 15.2 Å². The van der Waals surface area contributed by atoms with Crippen molar-refractivity contribution in [1.29, 1.82) is 0 Å². The second kappa shape index (κ2) is 9.63. The van der Waals surface area contributed by atoms with Gasteiger partial charge in [-0.3, -0.25) is 9.78 Å². The topological polar surface area (TPSA) is 108 Å². The van der Waals surface area contributed by atoms with Crippen molar-refractivity contribution in [1.82, 2.24) is 10.1 Å². The lowest BCUT2D eigenvalue weighted by atomic mass is 10.0. The summed E-state index contributed by atoms with van der Waals surface area (Å²) in [5.74, 6) is -0.0180. The van der Waals surface area contributed by atoms with E-state index in [1.54, 1.807) is 16.8 Å². The SMILES string of the molecule is Cc1ccc(CSc2n[n+]3c(c(=O)[nH]2)-c2ccccc2N[C@@H]3c2ccccc2OCC(=O)O)cc1. The Bertz CT molecular complexity index is 1450. The number of carbonyl (C=O) groups is 1. The number of hydrogen-bond donors (Lipinski definition) is 3. The predicted molar refractivity (Wildman–Crippen MR) is 133 cm³/mol. The number of aliphatic carboxylic acids is 1. The molecule has 3 N–H and O–H groups in total. The van der Waals surface area contributed by atoms with Gasteiger partial charge in [0.05, 0.1) is 16.8 Å². The minimum atomic E-state index is -1.07. The molecule has 0 fully saturated rings. The van der Waals surface area contributed by atoms with Crippen molar-refractivity contribution < 1.29 is 19.3 Å². The molecule has 35 heavy (non-hydrogen) atoms. The van der Waals surface area contributed by atoms with E-state index in [4.69, 9.17) is 14.9 Å². The lowest BCUT2D eigenvalue weighted by molar-refractivity contribution is -0.759. The maximum absolute atomic E-state index is 13.3. The fourth-order valence-corrected chi connectivity index (χ4v) is 4.78. The zero-order chi connectivity index (χ0) is 24.4. The number of hydrogen-bond acceptors (Lipinski definition) is 6. The van der Waals surface area contributed by atoms with Crippen LogP contribution < -0.4 is 20.3 Å². The largest absolute Gasteiger partial charge is 0.481 e. The van der Waals surface area contributed by atoms with Crippen LogP contribution in [0, 0.1) is 6.92 Å². The number of para-hydroxylation sites is 2. The van der Waals surface area contributed by atoms with Gasteiger partial charge in [0.2, 0.25) is 5.16 Å². The Morgan fingerprint density at radius 1 is 1.09 bits per heavy atom. The van der Waals surface area contributed by atoms with Crippen molar-refractivity contribution in [2.24, 2.45) is 0 Å². The third-order valence-electron chi connectivity index (χ3n) is 5.64. The van der Waals surface area contributed by atoms with Crippen LogP contribution in [-0.4, -0.2) is 27.8 Å². The summed E-state index contributed by atoms with van der Waals surface area (Å²) < 4.78 is 7.21. The van der Waals surface area contributed by atoms with Crippen LogP contribution in [0.15, 0.2) is 82.7 Å². The van der Waals surface area contributed by atoms with E-state index in [-0.39, 0.29) is 5.56 Å². The number of nitrogens with one attached hydrogen (secondary N) is 2. The zero-order valence-electron chi connectivity index (χ0n) is 18.9. The summed E-state index contributed by atoms with van der Waals surface area (Å²) in [6.07, 6.45) is -0.578. The number of anilines is 1. The number of ether oxygens (including phenoxy) is 1. The van der Waals surface area contributed by atoms with Crippen LogP contribution in [0.2, 0.25) is 0 Å². The van der Waals surface area contributed by atoms with Gasteiger partial charge >= 0.3 is 17.2 Å². The Hall–Kier alpha value is -4.11. The molecule has 0 saturated heterocycles. The first kappa shape index (κ1) is 22.7. The molecule has 1 atom stereocenters. The first-order chi connectivity index (χ1) is 17.0. The number of rotatable bonds is 7. The molecule has 3 aromatic carbocycles. The van der Waals surface area contributed by atoms with E-state index in [0.717, 1.165) is 16.8 Å². The van der Waals surface area contributed by atoms with Crippen molar-refractivity contribution in [3.05, 3.63) is 99.8 Å². The molecule has 0 amide bonds. The Kier molecular flexibility index (Phi) is 6.24. The molecule has 1 aliphatic heterocycles. The number of carboxylic acids is 1. The molecule has 1 aromatic heterocycles. The van der Waals surface area contributed by atoms with E-state index in [2.05, 4.69) is 34.6 Å². The zero-order valence-corrected chi connectivity index (χ0v) is 19.7. The molecular weight excluding hydrogens is 464 g/mol. The van der Waals surface area contributed by atoms with Gasteiger partial charge in [-0.1, -0.05) is 65.9 Å². The molecule has 1 aliphatic rings. The lowest BCUT2D eigenvalue weighted by Crippen LogP contribution is -2.55. The summed E-state index contributed by atoms with van der Waals surface area (Å²) in [6.45, 7) is 1.57.